The third-order valence-corrected chi connectivity index (χ3v) is 12.9. The van der Waals surface area contributed by atoms with E-state index in [1.165, 1.54) is 24.8 Å². The predicted molar refractivity (Wildman–Crippen MR) is 201 cm³/mol. The molecule has 52 heavy (non-hydrogen) atoms. The van der Waals surface area contributed by atoms with Crippen LogP contribution in [0.3, 0.4) is 0 Å². The van der Waals surface area contributed by atoms with Crippen molar-refractivity contribution in [2.45, 2.75) is 89.0 Å². The molecule has 3 fully saturated rings. The van der Waals surface area contributed by atoms with Crippen molar-refractivity contribution >= 4 is 44.4 Å². The third-order valence-electron chi connectivity index (χ3n) is 11.1. The SMILES string of the molecule is COc1ccc2c(c1)C=C(c1c(C(=O)N3CCOCC3)cnn1C1CC1)Cn1c-2c(C2CCCCC2)c2ccc(CC(=O)NS(=O)(=O)C(C)C)cc21. The topological polar surface area (TPSA) is 125 Å². The normalized spacial score (nSPS) is 18.2. The Bertz CT molecular complexity index is 2180. The lowest BCUT2D eigenvalue weighted by Gasteiger charge is -2.27. The summed E-state index contributed by atoms with van der Waals surface area (Å²) in [4.78, 5) is 29.1. The number of hydrogen-bond donors (Lipinski definition) is 1. The lowest BCUT2D eigenvalue weighted by molar-refractivity contribution is -0.118. The molecular formula is C40H47N5O6S. The van der Waals surface area contributed by atoms with E-state index in [0.29, 0.717) is 44.3 Å². The Morgan fingerprint density at radius 2 is 1.77 bits per heavy atom. The number of amides is 2. The molecule has 0 radical (unpaired) electrons. The van der Waals surface area contributed by atoms with E-state index in [1.807, 2.05) is 17.0 Å². The number of methoxy groups -OCH3 is 1. The van der Waals surface area contributed by atoms with Crippen LogP contribution >= 0.6 is 0 Å². The fourth-order valence-electron chi connectivity index (χ4n) is 8.21. The average molecular weight is 726 g/mol. The maximum Gasteiger partial charge on any atom is 0.257 e. The molecule has 2 amide bonds. The number of carbonyl (C=O) groups excluding carboxylic acids is 2. The summed E-state index contributed by atoms with van der Waals surface area (Å²) in [6.07, 6.45) is 11.7. The quantitative estimate of drug-likeness (QED) is 0.214. The number of nitrogens with zero attached hydrogens (tertiary/aromatic N) is 4. The van der Waals surface area contributed by atoms with Crippen LogP contribution in [0, 0.1) is 0 Å². The van der Waals surface area contributed by atoms with Gasteiger partial charge in [-0.15, -0.1) is 0 Å². The van der Waals surface area contributed by atoms with Gasteiger partial charge in [-0.25, -0.2) is 8.42 Å². The number of allylic oxidation sites excluding steroid dienone is 1. The van der Waals surface area contributed by atoms with Gasteiger partial charge < -0.3 is 18.9 Å². The Kier molecular flexibility index (Phi) is 9.23. The van der Waals surface area contributed by atoms with Gasteiger partial charge in [-0.2, -0.15) is 5.10 Å². The molecule has 4 heterocycles. The van der Waals surface area contributed by atoms with Gasteiger partial charge in [0.25, 0.3) is 5.91 Å². The third kappa shape index (κ3) is 6.44. The minimum absolute atomic E-state index is 0.0358. The van der Waals surface area contributed by atoms with Crippen LogP contribution in [0.4, 0.5) is 0 Å². The van der Waals surface area contributed by atoms with Crippen LogP contribution in [0.1, 0.15) is 103 Å². The highest BCUT2D eigenvalue weighted by molar-refractivity contribution is 7.90. The van der Waals surface area contributed by atoms with Crippen LogP contribution in [0.2, 0.25) is 0 Å². The highest BCUT2D eigenvalue weighted by Gasteiger charge is 2.35. The zero-order valence-electron chi connectivity index (χ0n) is 30.2. The average Bonchev–Trinajstić information content (AvgIpc) is 3.86. The first-order valence-electron chi connectivity index (χ1n) is 18.7. The number of rotatable bonds is 9. The van der Waals surface area contributed by atoms with Crippen LogP contribution in [0.15, 0.2) is 42.6 Å². The summed E-state index contributed by atoms with van der Waals surface area (Å²) in [6, 6.07) is 12.6. The van der Waals surface area contributed by atoms with Gasteiger partial charge in [0.05, 0.1) is 67.7 Å². The molecule has 1 saturated heterocycles. The summed E-state index contributed by atoms with van der Waals surface area (Å²) in [5, 5.41) is 5.27. The first-order chi connectivity index (χ1) is 25.1. The number of morpholine rings is 1. The van der Waals surface area contributed by atoms with E-state index >= 15 is 0 Å². The zero-order valence-corrected chi connectivity index (χ0v) is 31.0. The number of fused-ring (bicyclic) bond motifs is 5. The summed E-state index contributed by atoms with van der Waals surface area (Å²) >= 11 is 0. The molecule has 0 spiro atoms. The second-order valence-electron chi connectivity index (χ2n) is 14.9. The fourth-order valence-corrected chi connectivity index (χ4v) is 8.84. The molecule has 274 valence electrons. The van der Waals surface area contributed by atoms with Crippen molar-refractivity contribution in [1.29, 1.82) is 0 Å². The molecule has 0 unspecified atom stereocenters. The van der Waals surface area contributed by atoms with Crippen LogP contribution in [0.25, 0.3) is 33.8 Å². The Labute approximate surface area is 305 Å². The van der Waals surface area contributed by atoms with E-state index < -0.39 is 21.2 Å². The van der Waals surface area contributed by atoms with Crippen molar-refractivity contribution in [3.05, 3.63) is 70.5 Å². The van der Waals surface area contributed by atoms with Crippen molar-refractivity contribution in [3.63, 3.8) is 0 Å². The van der Waals surface area contributed by atoms with Crippen LogP contribution in [0.5, 0.6) is 5.75 Å². The molecule has 4 aromatic rings. The van der Waals surface area contributed by atoms with Crippen LogP contribution in [-0.2, 0) is 32.5 Å². The van der Waals surface area contributed by atoms with Crippen molar-refractivity contribution in [3.8, 4) is 17.0 Å². The summed E-state index contributed by atoms with van der Waals surface area (Å²) in [7, 11) is -2.08. The van der Waals surface area contributed by atoms with Gasteiger partial charge in [0, 0.05) is 29.6 Å². The van der Waals surface area contributed by atoms with E-state index in [9.17, 15) is 18.0 Å². The Balaban J connectivity index is 1.32. The van der Waals surface area contributed by atoms with Gasteiger partial charge in [-0.3, -0.25) is 19.0 Å². The number of carbonyl (C=O) groups is 2. The van der Waals surface area contributed by atoms with Crippen molar-refractivity contribution < 1.29 is 27.5 Å². The molecule has 2 aromatic heterocycles. The van der Waals surface area contributed by atoms with Gasteiger partial charge >= 0.3 is 0 Å². The van der Waals surface area contributed by atoms with Crippen LogP contribution in [-0.4, -0.2) is 78.1 Å². The zero-order chi connectivity index (χ0) is 36.1. The van der Waals surface area contributed by atoms with Crippen molar-refractivity contribution in [2.24, 2.45) is 0 Å². The minimum atomic E-state index is -3.76. The lowest BCUT2D eigenvalue weighted by atomic mass is 9.81. The van der Waals surface area contributed by atoms with E-state index in [2.05, 4.69) is 44.3 Å². The van der Waals surface area contributed by atoms with Gasteiger partial charge in [0.1, 0.15) is 5.75 Å². The summed E-state index contributed by atoms with van der Waals surface area (Å²) < 4.78 is 43.0. The molecule has 12 heteroatoms. The van der Waals surface area contributed by atoms with Gasteiger partial charge in [-0.1, -0.05) is 31.4 Å². The molecule has 2 aromatic carbocycles. The predicted octanol–water partition coefficient (Wildman–Crippen LogP) is 6.32. The summed E-state index contributed by atoms with van der Waals surface area (Å²) in [6.45, 7) is 5.70. The highest BCUT2D eigenvalue weighted by Crippen LogP contribution is 2.48. The Hall–Kier alpha value is -4.42. The van der Waals surface area contributed by atoms with Gasteiger partial charge in [0.15, 0.2) is 0 Å². The van der Waals surface area contributed by atoms with Crippen molar-refractivity contribution in [1.82, 2.24) is 24.0 Å². The fraction of sp³-hybridized carbons (Fsp3) is 0.475. The number of aromatic nitrogens is 3. The minimum Gasteiger partial charge on any atom is -0.497 e. The second-order valence-corrected chi connectivity index (χ2v) is 17.2. The number of sulfonamides is 1. The number of hydrogen-bond acceptors (Lipinski definition) is 7. The smallest absolute Gasteiger partial charge is 0.257 e. The largest absolute Gasteiger partial charge is 0.497 e. The van der Waals surface area contributed by atoms with Gasteiger partial charge in [-0.05, 0) is 98.1 Å². The van der Waals surface area contributed by atoms with E-state index in [4.69, 9.17) is 14.6 Å². The highest BCUT2D eigenvalue weighted by atomic mass is 32.2. The summed E-state index contributed by atoms with van der Waals surface area (Å²) in [5.74, 6) is 0.528. The molecule has 11 nitrogen and oxygen atoms in total. The first-order valence-corrected chi connectivity index (χ1v) is 20.2. The second kappa shape index (κ2) is 13.9. The number of nitrogens with one attached hydrogen (secondary N) is 1. The van der Waals surface area contributed by atoms with Crippen LogP contribution < -0.4 is 9.46 Å². The number of ether oxygens (including phenoxy) is 2. The molecule has 1 N–H and O–H groups in total. The molecule has 8 rings (SSSR count). The standard InChI is InChI=1S/C40H47N5O6S/c1-25(2)52(48,49)42-36(46)20-26-9-13-33-35(19-26)44-24-29(38-34(23-41-45(38)30-10-11-30)40(47)43-15-17-51-18-16-43)21-28-22-31(50-3)12-14-32(28)39(44)37(33)27-7-5-4-6-8-27/h9,12-14,19,21-23,25,27,30H,4-8,10-11,15-18,20,24H2,1-3H3,(H,42,46). The maximum absolute atomic E-state index is 14.2. The molecule has 2 aliphatic heterocycles. The molecule has 4 aliphatic rings. The van der Waals surface area contributed by atoms with Crippen molar-refractivity contribution in [2.75, 3.05) is 33.4 Å². The maximum atomic E-state index is 14.2. The first kappa shape index (κ1) is 34.7. The molecule has 0 atom stereocenters. The number of benzene rings is 2. The Morgan fingerprint density at radius 3 is 2.48 bits per heavy atom. The Morgan fingerprint density at radius 1 is 1.00 bits per heavy atom. The lowest BCUT2D eigenvalue weighted by Crippen LogP contribution is -2.41. The summed E-state index contributed by atoms with van der Waals surface area (Å²) in [5.41, 5.74) is 8.70. The van der Waals surface area contributed by atoms with E-state index in [-0.39, 0.29) is 18.4 Å². The monoisotopic (exact) mass is 725 g/mol. The molecule has 2 saturated carbocycles. The van der Waals surface area contributed by atoms with E-state index in [0.717, 1.165) is 76.0 Å². The molecule has 0 bridgehead atoms. The molecule has 2 aliphatic carbocycles. The molecular weight excluding hydrogens is 679 g/mol. The van der Waals surface area contributed by atoms with Gasteiger partial charge in [0.2, 0.25) is 15.9 Å². The van der Waals surface area contributed by atoms with E-state index in [1.54, 1.807) is 27.2 Å².